The topological polar surface area (TPSA) is 102 Å². The zero-order valence-corrected chi connectivity index (χ0v) is 7.34. The number of aliphatic hydroxyl groups is 1. The monoisotopic (exact) mass is 210 g/mol. The van der Waals surface area contributed by atoms with Gasteiger partial charge in [-0.3, -0.25) is 15.4 Å². The third-order valence-electron chi connectivity index (χ3n) is 1.97. The van der Waals surface area contributed by atoms with Crippen molar-refractivity contribution < 1.29 is 19.6 Å². The zero-order chi connectivity index (χ0) is 11.0. The first kappa shape index (κ1) is 9.41. The molecule has 0 bridgehead atoms. The second kappa shape index (κ2) is 3.21. The van der Waals surface area contributed by atoms with Gasteiger partial charge < -0.3 is 9.84 Å². The standard InChI is InChI=1S/C8H6N2O5/c11-7-4-2-1-3-5(10(13)14)6(4)15-8(12)9-7/h1-3,7,11H,(H,9,12)/t7-/m1/s1. The molecule has 1 aromatic rings. The Morgan fingerprint density at radius 1 is 1.53 bits per heavy atom. The number of nitrogens with zero attached hydrogens (tertiary/aromatic N) is 1. The third-order valence-corrected chi connectivity index (χ3v) is 1.97. The van der Waals surface area contributed by atoms with E-state index in [0.29, 0.717) is 0 Å². The molecular formula is C8H6N2O5. The largest absolute Gasteiger partial charge is 0.415 e. The van der Waals surface area contributed by atoms with Crippen molar-refractivity contribution >= 4 is 11.8 Å². The molecule has 78 valence electrons. The summed E-state index contributed by atoms with van der Waals surface area (Å²) in [5.74, 6) is -0.209. The Morgan fingerprint density at radius 2 is 2.27 bits per heavy atom. The predicted molar refractivity (Wildman–Crippen MR) is 47.2 cm³/mol. The van der Waals surface area contributed by atoms with Crippen LogP contribution in [0, 0.1) is 10.1 Å². The molecule has 0 fully saturated rings. The van der Waals surface area contributed by atoms with Gasteiger partial charge in [0.25, 0.3) is 0 Å². The summed E-state index contributed by atoms with van der Waals surface area (Å²) in [5.41, 5.74) is -0.176. The molecule has 2 N–H and O–H groups in total. The van der Waals surface area contributed by atoms with E-state index >= 15 is 0 Å². The van der Waals surface area contributed by atoms with E-state index in [2.05, 4.69) is 10.1 Å². The molecule has 1 atom stereocenters. The molecule has 0 radical (unpaired) electrons. The number of carbonyl (C=O) groups excluding carboxylic acids is 1. The van der Waals surface area contributed by atoms with Gasteiger partial charge in [0.1, 0.15) is 0 Å². The van der Waals surface area contributed by atoms with E-state index in [1.807, 2.05) is 0 Å². The first-order valence-electron chi connectivity index (χ1n) is 4.03. The average molecular weight is 210 g/mol. The van der Waals surface area contributed by atoms with Gasteiger partial charge in [0.15, 0.2) is 6.23 Å². The Balaban J connectivity index is 2.59. The Kier molecular flexibility index (Phi) is 2.01. The van der Waals surface area contributed by atoms with Crippen LogP contribution in [0.1, 0.15) is 11.8 Å². The lowest BCUT2D eigenvalue weighted by Gasteiger charge is -2.21. The number of hydrogen-bond donors (Lipinski definition) is 2. The molecular weight excluding hydrogens is 204 g/mol. The molecule has 1 amide bonds. The number of fused-ring (bicyclic) bond motifs is 1. The molecule has 2 rings (SSSR count). The van der Waals surface area contributed by atoms with Crippen molar-refractivity contribution in [3.8, 4) is 5.75 Å². The fourth-order valence-corrected chi connectivity index (χ4v) is 1.32. The molecule has 0 aliphatic carbocycles. The van der Waals surface area contributed by atoms with Crippen LogP contribution in [0.25, 0.3) is 0 Å². The van der Waals surface area contributed by atoms with Crippen LogP contribution in [-0.4, -0.2) is 16.1 Å². The van der Waals surface area contributed by atoms with E-state index in [-0.39, 0.29) is 17.0 Å². The van der Waals surface area contributed by atoms with Crippen LogP contribution in [0.3, 0.4) is 0 Å². The van der Waals surface area contributed by atoms with Crippen LogP contribution >= 0.6 is 0 Å². The highest BCUT2D eigenvalue weighted by atomic mass is 16.6. The van der Waals surface area contributed by atoms with Crippen LogP contribution in [-0.2, 0) is 0 Å². The number of benzene rings is 1. The van der Waals surface area contributed by atoms with Crippen molar-refractivity contribution in [3.05, 3.63) is 33.9 Å². The summed E-state index contributed by atoms with van der Waals surface area (Å²) in [6, 6.07) is 4.04. The van der Waals surface area contributed by atoms with Gasteiger partial charge >= 0.3 is 11.8 Å². The van der Waals surface area contributed by atoms with Crippen molar-refractivity contribution in [1.29, 1.82) is 0 Å². The molecule has 1 aromatic carbocycles. The van der Waals surface area contributed by atoms with E-state index < -0.39 is 17.2 Å². The molecule has 0 saturated carbocycles. The highest BCUT2D eigenvalue weighted by Crippen LogP contribution is 2.36. The SMILES string of the molecule is O=C1N[C@H](O)c2cccc([N+](=O)[O-])c2O1. The average Bonchev–Trinajstić information content (AvgIpc) is 2.16. The number of nitro groups is 1. The maximum absolute atomic E-state index is 10.9. The maximum atomic E-state index is 10.9. The first-order chi connectivity index (χ1) is 7.09. The van der Waals surface area contributed by atoms with Crippen molar-refractivity contribution in [2.75, 3.05) is 0 Å². The summed E-state index contributed by atoms with van der Waals surface area (Å²) in [5, 5.41) is 22.1. The number of carbonyl (C=O) groups is 1. The van der Waals surface area contributed by atoms with Gasteiger partial charge in [-0.15, -0.1) is 0 Å². The second-order valence-corrected chi connectivity index (χ2v) is 2.89. The second-order valence-electron chi connectivity index (χ2n) is 2.89. The number of amides is 1. The highest BCUT2D eigenvalue weighted by molar-refractivity contribution is 5.76. The van der Waals surface area contributed by atoms with E-state index in [0.717, 1.165) is 0 Å². The molecule has 0 unspecified atom stereocenters. The van der Waals surface area contributed by atoms with Gasteiger partial charge in [-0.1, -0.05) is 12.1 Å². The lowest BCUT2D eigenvalue weighted by atomic mass is 10.1. The number of hydrogen-bond acceptors (Lipinski definition) is 5. The van der Waals surface area contributed by atoms with E-state index in [1.165, 1.54) is 18.2 Å². The molecule has 7 heteroatoms. The van der Waals surface area contributed by atoms with Crippen molar-refractivity contribution in [3.63, 3.8) is 0 Å². The number of rotatable bonds is 1. The summed E-state index contributed by atoms with van der Waals surface area (Å²) in [7, 11) is 0. The summed E-state index contributed by atoms with van der Waals surface area (Å²) in [6.07, 6.45) is -2.19. The molecule has 0 saturated heterocycles. The number of aliphatic hydroxyl groups excluding tert-OH is 1. The molecule has 1 aliphatic rings. The van der Waals surface area contributed by atoms with Gasteiger partial charge in [-0.05, 0) is 0 Å². The number of nitrogens with one attached hydrogen (secondary N) is 1. The highest BCUT2D eigenvalue weighted by Gasteiger charge is 2.30. The minimum atomic E-state index is -1.28. The van der Waals surface area contributed by atoms with Crippen LogP contribution in [0.15, 0.2) is 18.2 Å². The fraction of sp³-hybridized carbons (Fsp3) is 0.125. The quantitative estimate of drug-likeness (QED) is 0.524. The number of ether oxygens (including phenoxy) is 1. The smallest absolute Gasteiger partial charge is 0.402 e. The minimum Gasteiger partial charge on any atom is -0.402 e. The van der Waals surface area contributed by atoms with Crippen LogP contribution < -0.4 is 10.1 Å². The zero-order valence-electron chi connectivity index (χ0n) is 7.34. The number of nitro benzene ring substituents is 1. The number of para-hydroxylation sites is 1. The summed E-state index contributed by atoms with van der Waals surface area (Å²) < 4.78 is 4.64. The van der Waals surface area contributed by atoms with E-state index in [1.54, 1.807) is 0 Å². The summed E-state index contributed by atoms with van der Waals surface area (Å²) >= 11 is 0. The van der Waals surface area contributed by atoms with Gasteiger partial charge in [0.05, 0.1) is 10.5 Å². The van der Waals surface area contributed by atoms with Gasteiger partial charge in [0, 0.05) is 6.07 Å². The summed E-state index contributed by atoms with van der Waals surface area (Å²) in [6.45, 7) is 0. The molecule has 1 aliphatic heterocycles. The molecule has 15 heavy (non-hydrogen) atoms. The Hall–Kier alpha value is -2.15. The third kappa shape index (κ3) is 1.48. The van der Waals surface area contributed by atoms with Crippen molar-refractivity contribution in [1.82, 2.24) is 5.32 Å². The Labute approximate surface area is 83.4 Å². The normalized spacial score (nSPS) is 18.7. The molecule has 1 heterocycles. The Morgan fingerprint density at radius 3 is 2.93 bits per heavy atom. The van der Waals surface area contributed by atoms with Gasteiger partial charge in [-0.25, -0.2) is 4.79 Å². The minimum absolute atomic E-state index is 0.170. The molecule has 0 spiro atoms. The van der Waals surface area contributed by atoms with Crippen molar-refractivity contribution in [2.24, 2.45) is 0 Å². The van der Waals surface area contributed by atoms with Gasteiger partial charge in [0.2, 0.25) is 5.75 Å². The van der Waals surface area contributed by atoms with E-state index in [9.17, 15) is 20.0 Å². The molecule has 0 aromatic heterocycles. The lowest BCUT2D eigenvalue weighted by molar-refractivity contribution is -0.385. The summed E-state index contributed by atoms with van der Waals surface area (Å²) in [4.78, 5) is 20.8. The predicted octanol–water partition coefficient (Wildman–Crippen LogP) is 0.688. The lowest BCUT2D eigenvalue weighted by Crippen LogP contribution is -2.35. The van der Waals surface area contributed by atoms with Crippen LogP contribution in [0.2, 0.25) is 0 Å². The fourth-order valence-electron chi connectivity index (χ4n) is 1.32. The van der Waals surface area contributed by atoms with Crippen molar-refractivity contribution in [2.45, 2.75) is 6.23 Å². The van der Waals surface area contributed by atoms with Crippen LogP contribution in [0.5, 0.6) is 5.75 Å². The first-order valence-corrected chi connectivity index (χ1v) is 4.03. The van der Waals surface area contributed by atoms with E-state index in [4.69, 9.17) is 0 Å². The Bertz CT molecular complexity index is 445. The van der Waals surface area contributed by atoms with Gasteiger partial charge in [-0.2, -0.15) is 0 Å². The maximum Gasteiger partial charge on any atom is 0.415 e. The van der Waals surface area contributed by atoms with Crippen LogP contribution in [0.4, 0.5) is 10.5 Å². The molecule has 7 nitrogen and oxygen atoms in total.